The first kappa shape index (κ1) is 18.4. The zero-order valence-corrected chi connectivity index (χ0v) is 15.2. The van der Waals surface area contributed by atoms with Gasteiger partial charge in [-0.15, -0.1) is 0 Å². The minimum atomic E-state index is -3.93. The van der Waals surface area contributed by atoms with E-state index in [9.17, 15) is 18.3 Å². The normalized spacial score (nSPS) is 15.7. The first-order valence-electron chi connectivity index (χ1n) is 8.41. The van der Waals surface area contributed by atoms with Crippen LogP contribution >= 0.6 is 0 Å². The summed E-state index contributed by atoms with van der Waals surface area (Å²) in [5, 5.41) is 13.5. The summed E-state index contributed by atoms with van der Waals surface area (Å²) in [5.74, 6) is -1.18. The van der Waals surface area contributed by atoms with Crippen LogP contribution in [-0.2, 0) is 21.2 Å². The van der Waals surface area contributed by atoms with E-state index < -0.39 is 16.0 Å². The molecule has 0 amide bonds. The second-order valence-corrected chi connectivity index (χ2v) is 7.83. The van der Waals surface area contributed by atoms with E-state index in [1.54, 1.807) is 10.7 Å². The Hall–Kier alpha value is -2.39. The van der Waals surface area contributed by atoms with Crippen LogP contribution in [0.15, 0.2) is 35.5 Å². The van der Waals surface area contributed by atoms with E-state index in [4.69, 9.17) is 4.74 Å². The number of carboxylic acids is 1. The Morgan fingerprint density at radius 3 is 2.77 bits per heavy atom. The highest BCUT2D eigenvalue weighted by Crippen LogP contribution is 2.24. The molecule has 0 aliphatic carbocycles. The third-order valence-corrected chi connectivity index (χ3v) is 5.74. The number of sulfonamides is 1. The van der Waals surface area contributed by atoms with Crippen molar-refractivity contribution in [1.29, 1.82) is 0 Å². The van der Waals surface area contributed by atoms with Crippen molar-refractivity contribution in [1.82, 2.24) is 9.78 Å². The third-order valence-electron chi connectivity index (χ3n) is 4.42. The third kappa shape index (κ3) is 3.88. The highest BCUT2D eigenvalue weighted by Gasteiger charge is 2.23. The monoisotopic (exact) mass is 379 g/mol. The van der Waals surface area contributed by atoms with E-state index in [0.29, 0.717) is 19.6 Å². The molecular formula is C17H21N3O5S. The highest BCUT2D eigenvalue weighted by atomic mass is 32.2. The van der Waals surface area contributed by atoms with Crippen molar-refractivity contribution in [3.8, 4) is 0 Å². The van der Waals surface area contributed by atoms with Gasteiger partial charge in [0.15, 0.2) is 0 Å². The van der Waals surface area contributed by atoms with E-state index in [2.05, 4.69) is 9.82 Å². The van der Waals surface area contributed by atoms with Crippen molar-refractivity contribution < 1.29 is 23.1 Å². The van der Waals surface area contributed by atoms with Gasteiger partial charge < -0.3 is 9.84 Å². The van der Waals surface area contributed by atoms with Gasteiger partial charge in [-0.25, -0.2) is 13.2 Å². The van der Waals surface area contributed by atoms with Crippen molar-refractivity contribution in [2.45, 2.75) is 37.1 Å². The predicted octanol–water partition coefficient (Wildman–Crippen LogP) is 2.30. The van der Waals surface area contributed by atoms with Crippen molar-refractivity contribution >= 4 is 21.7 Å². The fourth-order valence-corrected chi connectivity index (χ4v) is 3.91. The number of aromatic carboxylic acids is 1. The lowest BCUT2D eigenvalue weighted by Gasteiger charge is -2.22. The summed E-state index contributed by atoms with van der Waals surface area (Å²) in [5.41, 5.74) is 0.774. The summed E-state index contributed by atoms with van der Waals surface area (Å²) >= 11 is 0. The molecule has 1 aliphatic rings. The first-order chi connectivity index (χ1) is 12.4. The summed E-state index contributed by atoms with van der Waals surface area (Å²) < 4.78 is 34.6. The molecule has 0 unspecified atom stereocenters. The highest BCUT2D eigenvalue weighted by molar-refractivity contribution is 7.92. The molecule has 2 heterocycles. The quantitative estimate of drug-likeness (QED) is 0.797. The van der Waals surface area contributed by atoms with Crippen LogP contribution in [0.2, 0.25) is 0 Å². The summed E-state index contributed by atoms with van der Waals surface area (Å²) in [7, 11) is -3.93. The minimum absolute atomic E-state index is 0.0000938. The number of hydrogen-bond donors (Lipinski definition) is 2. The van der Waals surface area contributed by atoms with Gasteiger partial charge >= 0.3 is 5.97 Å². The number of aryl methyl sites for hydroxylation is 1. The Bertz CT molecular complexity index is 901. The first-order valence-corrected chi connectivity index (χ1v) is 9.90. The van der Waals surface area contributed by atoms with E-state index in [-0.39, 0.29) is 22.2 Å². The molecule has 1 aromatic heterocycles. The van der Waals surface area contributed by atoms with Crippen LogP contribution in [0.1, 0.15) is 41.7 Å². The van der Waals surface area contributed by atoms with Gasteiger partial charge in [0.1, 0.15) is 4.90 Å². The largest absolute Gasteiger partial charge is 0.478 e. The van der Waals surface area contributed by atoms with Gasteiger partial charge in [-0.05, 0) is 37.0 Å². The van der Waals surface area contributed by atoms with Crippen LogP contribution < -0.4 is 4.72 Å². The number of carboxylic acid groups (broad SMARTS) is 1. The number of benzene rings is 1. The van der Waals surface area contributed by atoms with Crippen molar-refractivity contribution in [2.24, 2.45) is 0 Å². The average molecular weight is 379 g/mol. The Morgan fingerprint density at radius 2 is 2.12 bits per heavy atom. The molecule has 140 valence electrons. The van der Waals surface area contributed by atoms with E-state index in [0.717, 1.165) is 18.4 Å². The number of nitrogens with zero attached hydrogens (tertiary/aromatic N) is 2. The molecule has 1 saturated heterocycles. The molecule has 2 aromatic rings. The number of anilines is 1. The zero-order chi connectivity index (χ0) is 18.7. The Morgan fingerprint density at radius 1 is 1.38 bits per heavy atom. The molecule has 0 atom stereocenters. The van der Waals surface area contributed by atoms with E-state index in [1.165, 1.54) is 24.5 Å². The van der Waals surface area contributed by atoms with E-state index >= 15 is 0 Å². The summed E-state index contributed by atoms with van der Waals surface area (Å²) in [6, 6.07) is 4.76. The molecule has 3 rings (SSSR count). The number of hydrogen-bond acceptors (Lipinski definition) is 5. The summed E-state index contributed by atoms with van der Waals surface area (Å²) in [4.78, 5) is 11.5. The fourth-order valence-electron chi connectivity index (χ4n) is 2.89. The summed E-state index contributed by atoms with van der Waals surface area (Å²) in [6.45, 7) is 3.14. The Balaban J connectivity index is 1.85. The number of aromatic nitrogens is 2. The number of carbonyl (C=O) groups is 1. The molecule has 0 bridgehead atoms. The van der Waals surface area contributed by atoms with Gasteiger partial charge in [-0.1, -0.05) is 13.0 Å². The Labute approximate surface area is 151 Å². The second-order valence-electron chi connectivity index (χ2n) is 6.14. The number of nitrogens with one attached hydrogen (secondary N) is 1. The van der Waals surface area contributed by atoms with Crippen LogP contribution in [0.4, 0.5) is 5.69 Å². The molecule has 1 aromatic carbocycles. The molecule has 2 N–H and O–H groups in total. The van der Waals surface area contributed by atoms with Crippen molar-refractivity contribution in [3.05, 3.63) is 41.7 Å². The maximum absolute atomic E-state index is 12.6. The van der Waals surface area contributed by atoms with Gasteiger partial charge in [0, 0.05) is 19.4 Å². The molecule has 1 aliphatic heterocycles. The SMILES string of the molecule is CCc1ccc(NS(=O)(=O)c2cnn(C3CCOCC3)c2)c(C(=O)O)c1. The smallest absolute Gasteiger partial charge is 0.337 e. The second kappa shape index (κ2) is 7.46. The lowest BCUT2D eigenvalue weighted by molar-refractivity contribution is 0.0661. The topological polar surface area (TPSA) is 111 Å². The average Bonchev–Trinajstić information content (AvgIpc) is 3.13. The predicted molar refractivity (Wildman–Crippen MR) is 94.9 cm³/mol. The molecule has 9 heteroatoms. The standard InChI is InChI=1S/C17H21N3O5S/c1-2-12-3-4-16(15(9-12)17(21)22)19-26(23,24)14-10-18-20(11-14)13-5-7-25-8-6-13/h3-4,9-11,13,19H,2,5-8H2,1H3,(H,21,22). The minimum Gasteiger partial charge on any atom is -0.478 e. The lowest BCUT2D eigenvalue weighted by atomic mass is 10.1. The molecule has 26 heavy (non-hydrogen) atoms. The Kier molecular flexibility index (Phi) is 5.28. The molecule has 0 spiro atoms. The van der Waals surface area contributed by atoms with Crippen LogP contribution in [0.5, 0.6) is 0 Å². The van der Waals surface area contributed by atoms with Gasteiger partial charge in [-0.3, -0.25) is 9.40 Å². The number of rotatable bonds is 6. The van der Waals surface area contributed by atoms with Crippen LogP contribution in [0, 0.1) is 0 Å². The van der Waals surface area contributed by atoms with Crippen LogP contribution in [0.3, 0.4) is 0 Å². The van der Waals surface area contributed by atoms with Crippen molar-refractivity contribution in [3.63, 3.8) is 0 Å². The van der Waals surface area contributed by atoms with Crippen LogP contribution in [-0.4, -0.2) is 42.5 Å². The lowest BCUT2D eigenvalue weighted by Crippen LogP contribution is -2.20. The number of ether oxygens (including phenoxy) is 1. The zero-order valence-electron chi connectivity index (χ0n) is 14.4. The van der Waals surface area contributed by atoms with Gasteiger partial charge in [0.25, 0.3) is 10.0 Å². The molecule has 1 fully saturated rings. The maximum atomic E-state index is 12.6. The molecule has 0 radical (unpaired) electrons. The fraction of sp³-hybridized carbons (Fsp3) is 0.412. The van der Waals surface area contributed by atoms with Gasteiger partial charge in [-0.2, -0.15) is 5.10 Å². The van der Waals surface area contributed by atoms with E-state index in [1.807, 2.05) is 6.92 Å². The summed E-state index contributed by atoms with van der Waals surface area (Å²) in [6.07, 6.45) is 4.95. The van der Waals surface area contributed by atoms with Crippen molar-refractivity contribution in [2.75, 3.05) is 17.9 Å². The van der Waals surface area contributed by atoms with Gasteiger partial charge in [0.2, 0.25) is 0 Å². The van der Waals surface area contributed by atoms with Crippen LogP contribution in [0.25, 0.3) is 0 Å². The molecule has 8 nitrogen and oxygen atoms in total. The molecular weight excluding hydrogens is 358 g/mol. The molecule has 0 saturated carbocycles. The maximum Gasteiger partial charge on any atom is 0.337 e. The van der Waals surface area contributed by atoms with Gasteiger partial charge in [0.05, 0.1) is 23.5 Å².